The SMILES string of the molecule is COc1ccc(F)c(CC(=O)Cl)c1F. The molecule has 5 heteroatoms. The summed E-state index contributed by atoms with van der Waals surface area (Å²) in [5, 5.41) is -0.823. The van der Waals surface area contributed by atoms with Gasteiger partial charge in [-0.3, -0.25) is 4.79 Å². The van der Waals surface area contributed by atoms with E-state index in [2.05, 4.69) is 4.74 Å². The molecule has 0 N–H and O–H groups in total. The Balaban J connectivity index is 3.18. The summed E-state index contributed by atoms with van der Waals surface area (Å²) in [6, 6.07) is 2.17. The number of halogens is 3. The highest BCUT2D eigenvalue weighted by Crippen LogP contribution is 2.23. The highest BCUT2D eigenvalue weighted by atomic mass is 35.5. The maximum atomic E-state index is 13.3. The van der Waals surface area contributed by atoms with Crippen molar-refractivity contribution < 1.29 is 18.3 Å². The third-order valence-electron chi connectivity index (χ3n) is 1.69. The Kier molecular flexibility index (Phi) is 3.41. The Hall–Kier alpha value is -1.16. The molecule has 0 amide bonds. The van der Waals surface area contributed by atoms with Gasteiger partial charge in [-0.05, 0) is 23.7 Å². The van der Waals surface area contributed by atoms with Crippen molar-refractivity contribution in [1.82, 2.24) is 0 Å². The number of hydrogen-bond donors (Lipinski definition) is 0. The first-order valence-corrected chi connectivity index (χ1v) is 4.13. The van der Waals surface area contributed by atoms with E-state index >= 15 is 0 Å². The summed E-state index contributed by atoms with van der Waals surface area (Å²) in [5.74, 6) is -1.81. The van der Waals surface area contributed by atoms with E-state index in [1.165, 1.54) is 7.11 Å². The largest absolute Gasteiger partial charge is 0.494 e. The van der Waals surface area contributed by atoms with Crippen LogP contribution in [0.5, 0.6) is 5.75 Å². The summed E-state index contributed by atoms with van der Waals surface area (Å²) in [7, 11) is 1.25. The first-order valence-electron chi connectivity index (χ1n) is 3.75. The van der Waals surface area contributed by atoms with E-state index in [9.17, 15) is 13.6 Å². The fourth-order valence-electron chi connectivity index (χ4n) is 1.03. The van der Waals surface area contributed by atoms with E-state index < -0.39 is 23.3 Å². The van der Waals surface area contributed by atoms with Crippen LogP contribution in [-0.4, -0.2) is 12.4 Å². The second kappa shape index (κ2) is 4.37. The fraction of sp³-hybridized carbons (Fsp3) is 0.222. The number of hydrogen-bond acceptors (Lipinski definition) is 2. The molecular weight excluding hydrogens is 214 g/mol. The maximum Gasteiger partial charge on any atom is 0.226 e. The number of benzene rings is 1. The Bertz CT molecular complexity index is 366. The molecular formula is C9H7ClF2O2. The van der Waals surface area contributed by atoms with Gasteiger partial charge in [0.15, 0.2) is 11.6 Å². The van der Waals surface area contributed by atoms with Crippen LogP contribution >= 0.6 is 11.6 Å². The number of ether oxygens (including phenoxy) is 1. The van der Waals surface area contributed by atoms with Gasteiger partial charge in [-0.2, -0.15) is 0 Å². The summed E-state index contributed by atoms with van der Waals surface area (Å²) >= 11 is 5.04. The van der Waals surface area contributed by atoms with Gasteiger partial charge in [-0.15, -0.1) is 0 Å². The van der Waals surface area contributed by atoms with Crippen LogP contribution in [0.4, 0.5) is 8.78 Å². The van der Waals surface area contributed by atoms with Gasteiger partial charge in [0.05, 0.1) is 13.5 Å². The quantitative estimate of drug-likeness (QED) is 0.731. The monoisotopic (exact) mass is 220 g/mol. The van der Waals surface area contributed by atoms with Crippen LogP contribution in [0.1, 0.15) is 5.56 Å². The molecule has 0 aliphatic rings. The zero-order valence-corrected chi connectivity index (χ0v) is 8.07. The number of methoxy groups -OCH3 is 1. The van der Waals surface area contributed by atoms with Crippen molar-refractivity contribution in [3.63, 3.8) is 0 Å². The van der Waals surface area contributed by atoms with Crippen LogP contribution in [-0.2, 0) is 11.2 Å². The average molecular weight is 221 g/mol. The first-order chi connectivity index (χ1) is 6.56. The zero-order valence-electron chi connectivity index (χ0n) is 7.31. The van der Waals surface area contributed by atoms with Gasteiger partial charge in [0.25, 0.3) is 0 Å². The van der Waals surface area contributed by atoms with Gasteiger partial charge in [0, 0.05) is 5.56 Å². The van der Waals surface area contributed by atoms with Crippen molar-refractivity contribution in [3.05, 3.63) is 29.3 Å². The Morgan fingerprint density at radius 2 is 2.14 bits per heavy atom. The minimum absolute atomic E-state index is 0.112. The van der Waals surface area contributed by atoms with Crippen LogP contribution in [0, 0.1) is 11.6 Å². The van der Waals surface area contributed by atoms with Crippen molar-refractivity contribution in [2.75, 3.05) is 7.11 Å². The van der Waals surface area contributed by atoms with Crippen molar-refractivity contribution in [3.8, 4) is 5.75 Å². The van der Waals surface area contributed by atoms with Crippen LogP contribution in [0.3, 0.4) is 0 Å². The van der Waals surface area contributed by atoms with Crippen molar-refractivity contribution in [2.24, 2.45) is 0 Å². The molecule has 0 unspecified atom stereocenters. The number of rotatable bonds is 3. The van der Waals surface area contributed by atoms with Gasteiger partial charge in [-0.1, -0.05) is 0 Å². The number of carbonyl (C=O) groups excluding carboxylic acids is 1. The molecule has 2 nitrogen and oxygen atoms in total. The molecule has 0 aliphatic carbocycles. The summed E-state index contributed by atoms with van der Waals surface area (Å²) in [4.78, 5) is 10.5. The summed E-state index contributed by atoms with van der Waals surface area (Å²) in [6.45, 7) is 0. The second-order valence-electron chi connectivity index (χ2n) is 2.57. The average Bonchev–Trinajstić information content (AvgIpc) is 2.12. The first kappa shape index (κ1) is 10.9. The van der Waals surface area contributed by atoms with E-state index in [1.54, 1.807) is 0 Å². The Morgan fingerprint density at radius 1 is 1.50 bits per heavy atom. The standard InChI is InChI=1S/C9H7ClF2O2/c1-14-7-3-2-6(11)5(9(7)12)4-8(10)13/h2-3H,4H2,1H3. The lowest BCUT2D eigenvalue weighted by molar-refractivity contribution is -0.111. The van der Waals surface area contributed by atoms with Gasteiger partial charge in [-0.25, -0.2) is 8.78 Å². The summed E-state index contributed by atoms with van der Waals surface area (Å²) in [6.07, 6.45) is -0.490. The number of carbonyl (C=O) groups is 1. The highest BCUT2D eigenvalue weighted by molar-refractivity contribution is 6.63. The van der Waals surface area contributed by atoms with Gasteiger partial charge >= 0.3 is 0 Å². The minimum Gasteiger partial charge on any atom is -0.494 e. The second-order valence-corrected chi connectivity index (χ2v) is 3.00. The fourth-order valence-corrected chi connectivity index (χ4v) is 1.17. The molecule has 0 saturated carbocycles. The van der Waals surface area contributed by atoms with Crippen molar-refractivity contribution in [1.29, 1.82) is 0 Å². The van der Waals surface area contributed by atoms with Crippen LogP contribution in [0.2, 0.25) is 0 Å². The predicted octanol–water partition coefficient (Wildman–Crippen LogP) is 2.28. The predicted molar refractivity (Wildman–Crippen MR) is 47.5 cm³/mol. The minimum atomic E-state index is -0.887. The molecule has 0 spiro atoms. The smallest absolute Gasteiger partial charge is 0.226 e. The van der Waals surface area contributed by atoms with Crippen LogP contribution in [0.15, 0.2) is 12.1 Å². The Labute approximate surface area is 84.4 Å². The molecule has 14 heavy (non-hydrogen) atoms. The molecule has 76 valence electrons. The van der Waals surface area contributed by atoms with Gasteiger partial charge < -0.3 is 4.74 Å². The molecule has 1 aromatic rings. The van der Waals surface area contributed by atoms with E-state index in [-0.39, 0.29) is 11.3 Å². The van der Waals surface area contributed by atoms with E-state index in [0.717, 1.165) is 12.1 Å². The third kappa shape index (κ3) is 2.20. The van der Waals surface area contributed by atoms with Gasteiger partial charge in [0.2, 0.25) is 5.24 Å². The van der Waals surface area contributed by atoms with Crippen molar-refractivity contribution in [2.45, 2.75) is 6.42 Å². The molecule has 0 atom stereocenters. The molecule has 0 saturated heterocycles. The molecule has 0 aliphatic heterocycles. The normalized spacial score (nSPS) is 10.0. The van der Waals surface area contributed by atoms with E-state index in [4.69, 9.17) is 11.6 Å². The zero-order chi connectivity index (χ0) is 10.7. The Morgan fingerprint density at radius 3 is 2.64 bits per heavy atom. The summed E-state index contributed by atoms with van der Waals surface area (Å²) < 4.78 is 31.0. The lowest BCUT2D eigenvalue weighted by Crippen LogP contribution is -2.03. The lowest BCUT2D eigenvalue weighted by Gasteiger charge is -2.06. The van der Waals surface area contributed by atoms with E-state index in [1.807, 2.05) is 0 Å². The van der Waals surface area contributed by atoms with Crippen LogP contribution in [0.25, 0.3) is 0 Å². The molecule has 1 aromatic carbocycles. The molecule has 0 fully saturated rings. The van der Waals surface area contributed by atoms with Crippen LogP contribution < -0.4 is 4.74 Å². The highest BCUT2D eigenvalue weighted by Gasteiger charge is 2.16. The molecule has 0 heterocycles. The molecule has 1 rings (SSSR count). The topological polar surface area (TPSA) is 26.3 Å². The van der Waals surface area contributed by atoms with Crippen molar-refractivity contribution >= 4 is 16.8 Å². The third-order valence-corrected chi connectivity index (χ3v) is 1.82. The lowest BCUT2D eigenvalue weighted by atomic mass is 10.1. The van der Waals surface area contributed by atoms with Gasteiger partial charge in [0.1, 0.15) is 5.82 Å². The summed E-state index contributed by atoms with van der Waals surface area (Å²) in [5.41, 5.74) is -0.371. The maximum absolute atomic E-state index is 13.3. The molecule has 0 bridgehead atoms. The van der Waals surface area contributed by atoms with E-state index in [0.29, 0.717) is 0 Å². The molecule has 0 radical (unpaired) electrons. The molecule has 0 aromatic heterocycles.